The minimum atomic E-state index is -3.27. The van der Waals surface area contributed by atoms with Gasteiger partial charge in [0.2, 0.25) is 10.0 Å². The molecule has 1 aliphatic rings. The van der Waals surface area contributed by atoms with Gasteiger partial charge in [0.15, 0.2) is 0 Å². The second-order valence-corrected chi connectivity index (χ2v) is 6.87. The highest BCUT2D eigenvalue weighted by Crippen LogP contribution is 2.18. The van der Waals surface area contributed by atoms with Crippen molar-refractivity contribution in [1.82, 2.24) is 4.31 Å². The van der Waals surface area contributed by atoms with Crippen molar-refractivity contribution >= 4 is 16.0 Å². The van der Waals surface area contributed by atoms with Crippen molar-refractivity contribution in [3.63, 3.8) is 0 Å². The van der Waals surface area contributed by atoms with Crippen LogP contribution in [0.25, 0.3) is 0 Å². The topological polar surface area (TPSA) is 89.7 Å². The fourth-order valence-electron chi connectivity index (χ4n) is 2.01. The second kappa shape index (κ2) is 6.49. The van der Waals surface area contributed by atoms with Crippen LogP contribution in [0.2, 0.25) is 0 Å². The molecule has 18 heavy (non-hydrogen) atoms. The first kappa shape index (κ1) is 15.4. The van der Waals surface area contributed by atoms with Crippen LogP contribution in [0.3, 0.4) is 0 Å². The molecule has 0 radical (unpaired) electrons. The van der Waals surface area contributed by atoms with E-state index in [9.17, 15) is 13.2 Å². The zero-order valence-corrected chi connectivity index (χ0v) is 11.8. The first-order chi connectivity index (χ1) is 8.36. The molecular weight excluding hydrogens is 256 g/mol. The molecule has 2 unspecified atom stereocenters. The number of methoxy groups -OCH3 is 1. The van der Waals surface area contributed by atoms with Crippen molar-refractivity contribution in [2.45, 2.75) is 32.2 Å². The van der Waals surface area contributed by atoms with Crippen LogP contribution in [0.4, 0.5) is 0 Å². The number of carbonyl (C=O) groups is 1. The lowest BCUT2D eigenvalue weighted by atomic mass is 9.96. The summed E-state index contributed by atoms with van der Waals surface area (Å²) in [6, 6.07) is 0.0755. The molecule has 0 bridgehead atoms. The highest BCUT2D eigenvalue weighted by Gasteiger charge is 2.30. The molecule has 0 spiro atoms. The summed E-state index contributed by atoms with van der Waals surface area (Å²) in [5.41, 5.74) is 5.86. The van der Waals surface area contributed by atoms with Gasteiger partial charge in [0.25, 0.3) is 0 Å². The average molecular weight is 278 g/mol. The molecule has 0 saturated carbocycles. The number of esters is 1. The van der Waals surface area contributed by atoms with Gasteiger partial charge in [-0.3, -0.25) is 4.79 Å². The van der Waals surface area contributed by atoms with Gasteiger partial charge in [0.1, 0.15) is 0 Å². The predicted octanol–water partition coefficient (Wildman–Crippen LogP) is -0.0615. The number of sulfonamides is 1. The van der Waals surface area contributed by atoms with Gasteiger partial charge in [-0.25, -0.2) is 12.7 Å². The normalized spacial score (nSPS) is 25.9. The van der Waals surface area contributed by atoms with E-state index in [1.165, 1.54) is 11.4 Å². The van der Waals surface area contributed by atoms with Gasteiger partial charge in [-0.15, -0.1) is 0 Å². The molecule has 1 fully saturated rings. The minimum absolute atomic E-state index is 0.00986. The fourth-order valence-corrected chi connectivity index (χ4v) is 3.62. The summed E-state index contributed by atoms with van der Waals surface area (Å²) in [7, 11) is -1.98. The summed E-state index contributed by atoms with van der Waals surface area (Å²) in [6.07, 6.45) is 1.13. The van der Waals surface area contributed by atoms with Gasteiger partial charge in [-0.2, -0.15) is 0 Å². The maximum atomic E-state index is 12.0. The van der Waals surface area contributed by atoms with E-state index in [1.54, 1.807) is 0 Å². The number of hydrogen-bond donors (Lipinski definition) is 1. The molecule has 0 aromatic rings. The number of nitrogens with zero attached hydrogens (tertiary/aromatic N) is 1. The Bertz CT molecular complexity index is 383. The minimum Gasteiger partial charge on any atom is -0.469 e. The summed E-state index contributed by atoms with van der Waals surface area (Å²) in [6.45, 7) is 2.91. The highest BCUT2D eigenvalue weighted by molar-refractivity contribution is 7.89. The van der Waals surface area contributed by atoms with Crippen LogP contribution in [0.5, 0.6) is 0 Å². The van der Waals surface area contributed by atoms with Crippen LogP contribution in [0.15, 0.2) is 0 Å². The van der Waals surface area contributed by atoms with Crippen LogP contribution in [-0.4, -0.2) is 50.7 Å². The predicted molar refractivity (Wildman–Crippen MR) is 68.4 cm³/mol. The van der Waals surface area contributed by atoms with Crippen molar-refractivity contribution in [3.05, 3.63) is 0 Å². The molecule has 0 amide bonds. The summed E-state index contributed by atoms with van der Waals surface area (Å²) in [4.78, 5) is 10.9. The molecule has 7 heteroatoms. The molecule has 0 aromatic carbocycles. The Kier molecular flexibility index (Phi) is 5.55. The maximum absolute atomic E-state index is 12.0. The van der Waals surface area contributed by atoms with E-state index in [4.69, 9.17) is 5.73 Å². The van der Waals surface area contributed by atoms with Crippen LogP contribution >= 0.6 is 0 Å². The molecule has 1 saturated heterocycles. The lowest BCUT2D eigenvalue weighted by Crippen LogP contribution is -2.48. The quantitative estimate of drug-likeness (QED) is 0.711. The first-order valence-electron chi connectivity index (χ1n) is 6.17. The number of hydrogen-bond acceptors (Lipinski definition) is 5. The fraction of sp³-hybridized carbons (Fsp3) is 0.909. The van der Waals surface area contributed by atoms with Gasteiger partial charge in [-0.1, -0.05) is 6.92 Å². The second-order valence-electron chi connectivity index (χ2n) is 4.78. The average Bonchev–Trinajstić information content (AvgIpc) is 2.32. The maximum Gasteiger partial charge on any atom is 0.305 e. The Labute approximate surface area is 109 Å². The molecule has 106 valence electrons. The first-order valence-corrected chi connectivity index (χ1v) is 7.78. The standard InChI is InChI=1S/C11H22N2O4S/c1-9-8-13(6-5-10(9)12)18(15,16)7-3-4-11(14)17-2/h9-10H,3-8,12H2,1-2H3. The number of nitrogens with two attached hydrogens (primary N) is 1. The Morgan fingerprint density at radius 1 is 1.50 bits per heavy atom. The molecule has 2 N–H and O–H groups in total. The van der Waals surface area contributed by atoms with E-state index in [1.807, 2.05) is 6.92 Å². The summed E-state index contributed by atoms with van der Waals surface area (Å²) >= 11 is 0. The SMILES string of the molecule is COC(=O)CCCS(=O)(=O)N1CCC(N)C(C)C1. The zero-order chi connectivity index (χ0) is 13.8. The number of ether oxygens (including phenoxy) is 1. The van der Waals surface area contributed by atoms with E-state index in [0.717, 1.165) is 0 Å². The van der Waals surface area contributed by atoms with Crippen molar-refractivity contribution < 1.29 is 17.9 Å². The molecule has 1 aliphatic heterocycles. The van der Waals surface area contributed by atoms with Crippen molar-refractivity contribution in [2.75, 3.05) is 26.0 Å². The number of carbonyl (C=O) groups excluding carboxylic acids is 1. The van der Waals surface area contributed by atoms with Crippen molar-refractivity contribution in [2.24, 2.45) is 11.7 Å². The van der Waals surface area contributed by atoms with E-state index in [-0.39, 0.29) is 30.1 Å². The molecule has 0 aromatic heterocycles. The van der Waals surface area contributed by atoms with Gasteiger partial charge in [0.05, 0.1) is 12.9 Å². The Morgan fingerprint density at radius 2 is 2.17 bits per heavy atom. The number of piperidine rings is 1. The smallest absolute Gasteiger partial charge is 0.305 e. The van der Waals surface area contributed by atoms with E-state index in [0.29, 0.717) is 25.9 Å². The Balaban J connectivity index is 2.46. The number of rotatable bonds is 5. The third-order valence-corrected chi connectivity index (χ3v) is 5.26. The zero-order valence-electron chi connectivity index (χ0n) is 11.0. The Morgan fingerprint density at radius 3 is 2.72 bits per heavy atom. The van der Waals surface area contributed by atoms with Gasteiger partial charge >= 0.3 is 5.97 Å². The van der Waals surface area contributed by atoms with Crippen LogP contribution < -0.4 is 5.73 Å². The van der Waals surface area contributed by atoms with Gasteiger partial charge < -0.3 is 10.5 Å². The van der Waals surface area contributed by atoms with Gasteiger partial charge in [0, 0.05) is 25.6 Å². The summed E-state index contributed by atoms with van der Waals surface area (Å²) < 4.78 is 30.0. The highest BCUT2D eigenvalue weighted by atomic mass is 32.2. The third kappa shape index (κ3) is 4.22. The van der Waals surface area contributed by atoms with Crippen LogP contribution in [-0.2, 0) is 19.6 Å². The van der Waals surface area contributed by atoms with Crippen LogP contribution in [0.1, 0.15) is 26.2 Å². The molecule has 6 nitrogen and oxygen atoms in total. The third-order valence-electron chi connectivity index (χ3n) is 3.34. The van der Waals surface area contributed by atoms with Crippen LogP contribution in [0, 0.1) is 5.92 Å². The summed E-state index contributed by atoms with van der Waals surface area (Å²) in [5.74, 6) is -0.210. The molecule has 0 aliphatic carbocycles. The molecule has 1 heterocycles. The molecular formula is C11H22N2O4S. The van der Waals surface area contributed by atoms with E-state index in [2.05, 4.69) is 4.74 Å². The van der Waals surface area contributed by atoms with E-state index >= 15 is 0 Å². The molecule has 2 atom stereocenters. The monoisotopic (exact) mass is 278 g/mol. The van der Waals surface area contributed by atoms with E-state index < -0.39 is 10.0 Å². The van der Waals surface area contributed by atoms with Gasteiger partial charge in [-0.05, 0) is 18.8 Å². The Hall–Kier alpha value is -0.660. The largest absolute Gasteiger partial charge is 0.469 e. The van der Waals surface area contributed by atoms with Crippen molar-refractivity contribution in [1.29, 1.82) is 0 Å². The lowest BCUT2D eigenvalue weighted by Gasteiger charge is -2.34. The summed E-state index contributed by atoms with van der Waals surface area (Å²) in [5, 5.41) is 0. The molecule has 1 rings (SSSR count). The van der Waals surface area contributed by atoms with Crippen molar-refractivity contribution in [3.8, 4) is 0 Å². The lowest BCUT2D eigenvalue weighted by molar-refractivity contribution is -0.140.